The number of ether oxygens (including phenoxy) is 1. The summed E-state index contributed by atoms with van der Waals surface area (Å²) in [5.74, 6) is -0.221. The van der Waals surface area contributed by atoms with Crippen LogP contribution in [0.3, 0.4) is 0 Å². The summed E-state index contributed by atoms with van der Waals surface area (Å²) in [5.41, 5.74) is 3.90. The Morgan fingerprint density at radius 1 is 0.879 bits per heavy atom. The zero-order valence-electron chi connectivity index (χ0n) is 18.6. The summed E-state index contributed by atoms with van der Waals surface area (Å²) < 4.78 is 7.27. The molecule has 0 aliphatic heterocycles. The number of allylic oxidation sites excluding steroid dienone is 2. The zero-order valence-corrected chi connectivity index (χ0v) is 18.6. The number of ketones is 2. The molecule has 0 amide bonds. The number of rotatable bonds is 8. The van der Waals surface area contributed by atoms with Crippen molar-refractivity contribution in [1.82, 2.24) is 4.57 Å². The second-order valence-electron chi connectivity index (χ2n) is 7.75. The fourth-order valence-electron chi connectivity index (χ4n) is 3.99. The van der Waals surface area contributed by atoms with Crippen molar-refractivity contribution in [3.8, 4) is 11.5 Å². The number of fused-ring (bicyclic) bond motifs is 3. The van der Waals surface area contributed by atoms with Gasteiger partial charge in [0, 0.05) is 28.4 Å². The maximum atomic E-state index is 12.3. The normalized spacial score (nSPS) is 11.7. The molecular formula is C28H25NO4. The Bertz CT molecular complexity index is 1410. The van der Waals surface area contributed by atoms with E-state index in [0.29, 0.717) is 11.3 Å². The molecule has 0 fully saturated rings. The number of carbonyl (C=O) groups excluding carboxylic acids is 2. The third kappa shape index (κ3) is 4.72. The molecule has 3 aromatic carbocycles. The molecule has 5 heteroatoms. The lowest BCUT2D eigenvalue weighted by molar-refractivity contribution is -0.121. The summed E-state index contributed by atoms with van der Waals surface area (Å²) >= 11 is 0. The average Bonchev–Trinajstić information content (AvgIpc) is 3.14. The first-order chi connectivity index (χ1) is 16.0. The largest absolute Gasteiger partial charge is 0.504 e. The van der Waals surface area contributed by atoms with E-state index in [1.54, 1.807) is 24.3 Å². The summed E-state index contributed by atoms with van der Waals surface area (Å²) in [6, 6.07) is 19.2. The van der Waals surface area contributed by atoms with Crippen molar-refractivity contribution in [3.05, 3.63) is 83.9 Å². The van der Waals surface area contributed by atoms with Gasteiger partial charge in [-0.3, -0.25) is 9.59 Å². The number of methoxy groups -OCH3 is 1. The molecule has 0 unspecified atom stereocenters. The monoisotopic (exact) mass is 439 g/mol. The van der Waals surface area contributed by atoms with Crippen molar-refractivity contribution in [2.45, 2.75) is 19.9 Å². The van der Waals surface area contributed by atoms with E-state index in [1.165, 1.54) is 36.2 Å². The third-order valence-corrected chi connectivity index (χ3v) is 5.59. The second kappa shape index (κ2) is 9.57. The van der Waals surface area contributed by atoms with Gasteiger partial charge in [0.15, 0.2) is 23.1 Å². The van der Waals surface area contributed by atoms with Gasteiger partial charge in [0.05, 0.1) is 13.5 Å². The summed E-state index contributed by atoms with van der Waals surface area (Å²) in [6.45, 7) is 3.00. The number of phenolic OH excluding ortho intramolecular Hbond substituents is 1. The molecule has 33 heavy (non-hydrogen) atoms. The standard InChI is InChI=1S/C28H25NO4/c1-3-29-25-7-5-4-6-23(25)24-16-19(10-14-26(24)29)8-12-21(30)18-22(31)13-9-20-11-15-28(33-2)27(32)17-20/h4-17,32H,3,18H2,1-2H3/b12-8+,13-9+. The first-order valence-corrected chi connectivity index (χ1v) is 10.8. The van der Waals surface area contributed by atoms with E-state index < -0.39 is 0 Å². The number of benzene rings is 3. The van der Waals surface area contributed by atoms with Gasteiger partial charge in [-0.25, -0.2) is 0 Å². The maximum Gasteiger partial charge on any atom is 0.163 e. The molecule has 1 aromatic heterocycles. The molecule has 0 atom stereocenters. The number of nitrogens with zero attached hydrogens (tertiary/aromatic N) is 1. The van der Waals surface area contributed by atoms with Crippen molar-refractivity contribution < 1.29 is 19.4 Å². The van der Waals surface area contributed by atoms with Crippen LogP contribution in [-0.4, -0.2) is 28.3 Å². The van der Waals surface area contributed by atoms with Crippen LogP contribution in [0.1, 0.15) is 24.5 Å². The lowest BCUT2D eigenvalue weighted by atomic mass is 10.1. The highest BCUT2D eigenvalue weighted by Crippen LogP contribution is 2.30. The maximum absolute atomic E-state index is 12.3. The van der Waals surface area contributed by atoms with Crippen LogP contribution < -0.4 is 4.74 Å². The highest BCUT2D eigenvalue weighted by atomic mass is 16.5. The predicted molar refractivity (Wildman–Crippen MR) is 132 cm³/mol. The molecule has 4 rings (SSSR count). The van der Waals surface area contributed by atoms with Crippen LogP contribution in [0.15, 0.2) is 72.8 Å². The van der Waals surface area contributed by atoms with Crippen molar-refractivity contribution in [3.63, 3.8) is 0 Å². The highest BCUT2D eigenvalue weighted by molar-refractivity contribution is 6.11. The zero-order chi connectivity index (χ0) is 23.4. The first kappa shape index (κ1) is 22.1. The van der Waals surface area contributed by atoms with E-state index in [0.717, 1.165) is 23.0 Å². The molecule has 1 heterocycles. The van der Waals surface area contributed by atoms with Gasteiger partial charge in [-0.05, 0) is 60.5 Å². The number of hydrogen-bond acceptors (Lipinski definition) is 4. The average molecular weight is 440 g/mol. The van der Waals surface area contributed by atoms with Crippen LogP contribution in [0, 0.1) is 0 Å². The van der Waals surface area contributed by atoms with Gasteiger partial charge in [-0.15, -0.1) is 0 Å². The van der Waals surface area contributed by atoms with Crippen molar-refractivity contribution in [2.75, 3.05) is 7.11 Å². The fourth-order valence-corrected chi connectivity index (χ4v) is 3.99. The molecule has 4 aromatic rings. The lowest BCUT2D eigenvalue weighted by Gasteiger charge is -2.03. The van der Waals surface area contributed by atoms with Gasteiger partial charge in [0.1, 0.15) is 0 Å². The fraction of sp³-hybridized carbons (Fsp3) is 0.143. The number of para-hydroxylation sites is 1. The summed E-state index contributed by atoms with van der Waals surface area (Å²) in [6.07, 6.45) is 5.89. The summed E-state index contributed by atoms with van der Waals surface area (Å²) in [5, 5.41) is 12.1. The molecule has 5 nitrogen and oxygen atoms in total. The number of hydrogen-bond donors (Lipinski definition) is 1. The SMILES string of the molecule is CCn1c2ccccc2c2cc(/C=C/C(=O)CC(=O)/C=C/c3ccc(OC)c(O)c3)ccc21. The van der Waals surface area contributed by atoms with Gasteiger partial charge in [0.25, 0.3) is 0 Å². The van der Waals surface area contributed by atoms with Crippen LogP contribution in [-0.2, 0) is 16.1 Å². The Morgan fingerprint density at radius 2 is 1.52 bits per heavy atom. The van der Waals surface area contributed by atoms with Gasteiger partial charge in [-0.2, -0.15) is 0 Å². The molecule has 0 bridgehead atoms. The smallest absolute Gasteiger partial charge is 0.163 e. The van der Waals surface area contributed by atoms with E-state index in [9.17, 15) is 14.7 Å². The van der Waals surface area contributed by atoms with E-state index in [2.05, 4.69) is 35.8 Å². The molecule has 0 saturated carbocycles. The lowest BCUT2D eigenvalue weighted by Crippen LogP contribution is -2.01. The minimum absolute atomic E-state index is 0.00913. The molecular weight excluding hydrogens is 414 g/mol. The number of aromatic hydroxyl groups is 1. The first-order valence-electron chi connectivity index (χ1n) is 10.8. The minimum atomic E-state index is -0.304. The van der Waals surface area contributed by atoms with Crippen molar-refractivity contribution >= 4 is 45.5 Å². The molecule has 1 N–H and O–H groups in total. The molecule has 166 valence electrons. The van der Waals surface area contributed by atoms with Crippen LogP contribution in [0.25, 0.3) is 34.0 Å². The summed E-state index contributed by atoms with van der Waals surface area (Å²) in [4.78, 5) is 24.5. The predicted octanol–water partition coefficient (Wildman–Crippen LogP) is 5.78. The quantitative estimate of drug-likeness (QED) is 0.279. The van der Waals surface area contributed by atoms with Crippen LogP contribution in [0.5, 0.6) is 11.5 Å². The number of carbonyl (C=O) groups is 2. The number of phenols is 1. The Morgan fingerprint density at radius 3 is 2.18 bits per heavy atom. The van der Waals surface area contributed by atoms with Crippen molar-refractivity contribution in [1.29, 1.82) is 0 Å². The summed E-state index contributed by atoms with van der Waals surface area (Å²) in [7, 11) is 1.47. The van der Waals surface area contributed by atoms with E-state index in [1.807, 2.05) is 18.2 Å². The van der Waals surface area contributed by atoms with E-state index in [-0.39, 0.29) is 23.7 Å². The molecule has 0 spiro atoms. The van der Waals surface area contributed by atoms with E-state index in [4.69, 9.17) is 4.74 Å². The number of aryl methyl sites for hydroxylation is 1. The molecule has 0 saturated heterocycles. The van der Waals surface area contributed by atoms with Crippen LogP contribution in [0.2, 0.25) is 0 Å². The topological polar surface area (TPSA) is 68.5 Å². The Kier molecular flexibility index (Phi) is 6.41. The molecule has 0 radical (unpaired) electrons. The van der Waals surface area contributed by atoms with Crippen LogP contribution >= 0.6 is 0 Å². The van der Waals surface area contributed by atoms with Gasteiger partial charge in [0.2, 0.25) is 0 Å². The van der Waals surface area contributed by atoms with Gasteiger partial charge >= 0.3 is 0 Å². The third-order valence-electron chi connectivity index (χ3n) is 5.59. The van der Waals surface area contributed by atoms with E-state index >= 15 is 0 Å². The van der Waals surface area contributed by atoms with Gasteiger partial charge in [-0.1, -0.05) is 42.5 Å². The molecule has 0 aliphatic rings. The second-order valence-corrected chi connectivity index (χ2v) is 7.75. The Labute approximate surface area is 192 Å². The van der Waals surface area contributed by atoms with Gasteiger partial charge < -0.3 is 14.4 Å². The Hall–Kier alpha value is -4.12. The number of aromatic nitrogens is 1. The van der Waals surface area contributed by atoms with Crippen molar-refractivity contribution in [2.24, 2.45) is 0 Å². The molecule has 0 aliphatic carbocycles. The van der Waals surface area contributed by atoms with Crippen LogP contribution in [0.4, 0.5) is 0 Å². The Balaban J connectivity index is 1.45. The highest BCUT2D eigenvalue weighted by Gasteiger charge is 2.09. The minimum Gasteiger partial charge on any atom is -0.504 e.